The first-order valence-corrected chi connectivity index (χ1v) is 13.1. The first-order chi connectivity index (χ1) is 16.0. The van der Waals surface area contributed by atoms with Crippen molar-refractivity contribution in [2.45, 2.75) is 42.0 Å². The Labute approximate surface area is 207 Å². The fourth-order valence-corrected chi connectivity index (χ4v) is 6.22. The molecule has 6 heteroatoms. The minimum absolute atomic E-state index is 0.0150. The average Bonchev–Trinajstić information content (AvgIpc) is 2.83. The molecule has 0 spiro atoms. The maximum absolute atomic E-state index is 13.6. The fourth-order valence-electron chi connectivity index (χ4n) is 4.08. The number of hydrogen-bond acceptors (Lipinski definition) is 4. The third kappa shape index (κ3) is 4.14. The number of rotatable bonds is 4. The summed E-state index contributed by atoms with van der Waals surface area (Å²) in [6.45, 7) is 6.35. The van der Waals surface area contributed by atoms with Gasteiger partial charge in [0.15, 0.2) is 0 Å². The number of benzene rings is 3. The maximum atomic E-state index is 13.6. The first kappa shape index (κ1) is 22.3. The molecule has 0 aliphatic carbocycles. The van der Waals surface area contributed by atoms with Crippen LogP contribution in [0, 0.1) is 13.8 Å². The lowest BCUT2D eigenvalue weighted by Gasteiger charge is -2.31. The van der Waals surface area contributed by atoms with Gasteiger partial charge in [-0.15, -0.1) is 0 Å². The Kier molecular flexibility index (Phi) is 6.12. The number of aromatic nitrogens is 1. The molecule has 0 fully saturated rings. The van der Waals surface area contributed by atoms with E-state index in [1.54, 1.807) is 11.8 Å². The van der Waals surface area contributed by atoms with Gasteiger partial charge in [0.1, 0.15) is 5.03 Å². The summed E-state index contributed by atoms with van der Waals surface area (Å²) in [6.07, 6.45) is 0.869. The van der Waals surface area contributed by atoms with Crippen LogP contribution in [0.15, 0.2) is 75.5 Å². The normalized spacial score (nSPS) is 12.5. The van der Waals surface area contributed by atoms with Crippen LogP contribution in [0.3, 0.4) is 0 Å². The third-order valence-corrected chi connectivity index (χ3v) is 8.39. The van der Waals surface area contributed by atoms with Gasteiger partial charge in [-0.1, -0.05) is 66.3 Å². The topological polar surface area (TPSA) is 33.2 Å². The lowest BCUT2D eigenvalue weighted by molar-refractivity contribution is -0.115. The Morgan fingerprint density at radius 2 is 1.82 bits per heavy atom. The average molecular weight is 491 g/mol. The second-order valence-electron chi connectivity index (χ2n) is 8.09. The molecule has 4 aromatic rings. The number of hydrogen-bond donors (Lipinski definition) is 0. The van der Waals surface area contributed by atoms with E-state index in [2.05, 4.69) is 45.0 Å². The molecule has 0 N–H and O–H groups in total. The summed E-state index contributed by atoms with van der Waals surface area (Å²) >= 11 is 9.49. The van der Waals surface area contributed by atoms with E-state index >= 15 is 0 Å². The predicted octanol–water partition coefficient (Wildman–Crippen LogP) is 7.99. The molecular formula is C27H23ClN2OS2. The molecule has 5 rings (SSSR count). The molecule has 1 aliphatic rings. The molecular weight excluding hydrogens is 468 g/mol. The summed E-state index contributed by atoms with van der Waals surface area (Å²) in [5.41, 5.74) is 6.33. The zero-order chi connectivity index (χ0) is 23.1. The Morgan fingerprint density at radius 1 is 1.03 bits per heavy atom. The maximum Gasteiger partial charge on any atom is 0.242 e. The molecule has 166 valence electrons. The number of aryl methyl sites for hydroxylation is 3. The highest BCUT2D eigenvalue weighted by atomic mass is 35.5. The van der Waals surface area contributed by atoms with Crippen molar-refractivity contribution in [3.63, 3.8) is 0 Å². The minimum Gasteiger partial charge on any atom is -0.278 e. The number of carbonyl (C=O) groups excluding carboxylic acids is 1. The highest BCUT2D eigenvalue weighted by molar-refractivity contribution is 8.00. The molecule has 1 aliphatic heterocycles. The van der Waals surface area contributed by atoms with Crippen LogP contribution >= 0.6 is 35.1 Å². The second-order valence-corrected chi connectivity index (χ2v) is 10.6. The van der Waals surface area contributed by atoms with Gasteiger partial charge in [0, 0.05) is 20.2 Å². The van der Waals surface area contributed by atoms with Gasteiger partial charge in [-0.3, -0.25) is 9.69 Å². The summed E-state index contributed by atoms with van der Waals surface area (Å²) in [5, 5.41) is 2.70. The molecule has 3 aromatic carbocycles. The van der Waals surface area contributed by atoms with E-state index in [4.69, 9.17) is 16.6 Å². The van der Waals surface area contributed by atoms with Crippen molar-refractivity contribution in [1.29, 1.82) is 0 Å². The number of pyridine rings is 1. The Morgan fingerprint density at radius 3 is 2.64 bits per heavy atom. The number of anilines is 2. The van der Waals surface area contributed by atoms with Crippen molar-refractivity contribution in [3.8, 4) is 0 Å². The summed E-state index contributed by atoms with van der Waals surface area (Å²) in [6, 6.07) is 20.2. The predicted molar refractivity (Wildman–Crippen MR) is 140 cm³/mol. The van der Waals surface area contributed by atoms with Gasteiger partial charge in [0.2, 0.25) is 5.91 Å². The summed E-state index contributed by atoms with van der Waals surface area (Å²) in [5.74, 6) is 0.308. The van der Waals surface area contributed by atoms with Crippen molar-refractivity contribution in [2.75, 3.05) is 10.7 Å². The number of carbonyl (C=O) groups is 1. The van der Waals surface area contributed by atoms with Crippen LogP contribution in [0.1, 0.15) is 23.6 Å². The van der Waals surface area contributed by atoms with E-state index in [1.165, 1.54) is 28.5 Å². The standard InChI is InChI=1S/C27H23ClN2OS2/c1-4-18-13-19-10-9-16(2)17(3)26(19)29-27(18)32-15-25(31)30-21-7-5-6-8-23(21)33-24-12-11-20(28)14-22(24)30/h5-14H,4,15H2,1-3H3. The summed E-state index contributed by atoms with van der Waals surface area (Å²) in [4.78, 5) is 22.5. The Hall–Kier alpha value is -2.47. The van der Waals surface area contributed by atoms with Crippen molar-refractivity contribution < 1.29 is 4.79 Å². The van der Waals surface area contributed by atoms with Crippen molar-refractivity contribution in [2.24, 2.45) is 0 Å². The highest BCUT2D eigenvalue weighted by Gasteiger charge is 2.28. The van der Waals surface area contributed by atoms with Gasteiger partial charge in [-0.2, -0.15) is 0 Å². The molecule has 1 amide bonds. The minimum atomic E-state index is 0.0150. The second kappa shape index (κ2) is 9.05. The molecule has 33 heavy (non-hydrogen) atoms. The van der Waals surface area contributed by atoms with Gasteiger partial charge >= 0.3 is 0 Å². The number of thioether (sulfide) groups is 1. The van der Waals surface area contributed by atoms with Crippen LogP contribution in [-0.2, 0) is 11.2 Å². The SMILES string of the molecule is CCc1cc2ccc(C)c(C)c2nc1SCC(=O)N1c2ccccc2Sc2ccc(Cl)cc21. The van der Waals surface area contributed by atoms with Crippen molar-refractivity contribution in [3.05, 3.63) is 82.4 Å². The van der Waals surface area contributed by atoms with E-state index in [9.17, 15) is 4.79 Å². The number of fused-ring (bicyclic) bond motifs is 3. The highest BCUT2D eigenvalue weighted by Crippen LogP contribution is 2.49. The summed E-state index contributed by atoms with van der Waals surface area (Å²) < 4.78 is 0. The zero-order valence-electron chi connectivity index (χ0n) is 18.7. The van der Waals surface area contributed by atoms with Gasteiger partial charge in [-0.25, -0.2) is 4.98 Å². The Balaban J connectivity index is 1.49. The molecule has 3 nitrogen and oxygen atoms in total. The molecule has 2 heterocycles. The van der Waals surface area contributed by atoms with E-state index in [0.29, 0.717) is 10.8 Å². The molecule has 0 unspecified atom stereocenters. The number of amides is 1. The van der Waals surface area contributed by atoms with E-state index in [-0.39, 0.29) is 5.91 Å². The van der Waals surface area contributed by atoms with Crippen molar-refractivity contribution in [1.82, 2.24) is 4.98 Å². The Bertz CT molecular complexity index is 1400. The zero-order valence-corrected chi connectivity index (χ0v) is 21.1. The lowest BCUT2D eigenvalue weighted by Crippen LogP contribution is -2.30. The molecule has 0 saturated heterocycles. The third-order valence-electron chi connectivity index (χ3n) is 6.00. The van der Waals surface area contributed by atoms with Crippen LogP contribution < -0.4 is 4.90 Å². The monoisotopic (exact) mass is 490 g/mol. The van der Waals surface area contributed by atoms with Gasteiger partial charge < -0.3 is 0 Å². The smallest absolute Gasteiger partial charge is 0.242 e. The number of nitrogens with zero attached hydrogens (tertiary/aromatic N) is 2. The van der Waals surface area contributed by atoms with Crippen LogP contribution in [0.4, 0.5) is 11.4 Å². The number of para-hydroxylation sites is 1. The lowest BCUT2D eigenvalue weighted by atomic mass is 10.0. The largest absolute Gasteiger partial charge is 0.278 e. The fraction of sp³-hybridized carbons (Fsp3) is 0.185. The number of halogens is 1. The van der Waals surface area contributed by atoms with Gasteiger partial charge in [-0.05, 0) is 73.4 Å². The van der Waals surface area contributed by atoms with E-state index in [0.717, 1.165) is 43.5 Å². The quantitative estimate of drug-likeness (QED) is 0.271. The molecule has 0 saturated carbocycles. The van der Waals surface area contributed by atoms with Crippen LogP contribution in [0.2, 0.25) is 5.02 Å². The van der Waals surface area contributed by atoms with Crippen molar-refractivity contribution >= 4 is 63.3 Å². The molecule has 0 radical (unpaired) electrons. The van der Waals surface area contributed by atoms with Gasteiger partial charge in [0.05, 0.1) is 22.6 Å². The van der Waals surface area contributed by atoms with Crippen LogP contribution in [-0.4, -0.2) is 16.6 Å². The molecule has 0 atom stereocenters. The van der Waals surface area contributed by atoms with E-state index in [1.807, 2.05) is 41.3 Å². The molecule has 0 bridgehead atoms. The van der Waals surface area contributed by atoms with Crippen LogP contribution in [0.25, 0.3) is 10.9 Å². The summed E-state index contributed by atoms with van der Waals surface area (Å²) in [7, 11) is 0. The van der Waals surface area contributed by atoms with Crippen LogP contribution in [0.5, 0.6) is 0 Å². The first-order valence-electron chi connectivity index (χ1n) is 10.9. The van der Waals surface area contributed by atoms with Gasteiger partial charge in [0.25, 0.3) is 0 Å². The van der Waals surface area contributed by atoms with E-state index < -0.39 is 0 Å². The molecule has 1 aromatic heterocycles.